The Balaban J connectivity index is 1.60. The molecule has 0 unspecified atom stereocenters. The van der Waals surface area contributed by atoms with Crippen molar-refractivity contribution in [1.29, 1.82) is 0 Å². The van der Waals surface area contributed by atoms with Crippen LogP contribution in [-0.4, -0.2) is 32.8 Å². The highest BCUT2D eigenvalue weighted by atomic mass is 16.5. The molecule has 3 atom stereocenters. The summed E-state index contributed by atoms with van der Waals surface area (Å²) in [5.41, 5.74) is 3.00. The third kappa shape index (κ3) is 1.56. The van der Waals surface area contributed by atoms with E-state index in [1.54, 1.807) is 0 Å². The van der Waals surface area contributed by atoms with Gasteiger partial charge in [-0.3, -0.25) is 0 Å². The number of hydrogen-bond acceptors (Lipinski definition) is 3. The van der Waals surface area contributed by atoms with E-state index in [2.05, 4.69) is 48.6 Å². The van der Waals surface area contributed by atoms with Crippen LogP contribution >= 0.6 is 0 Å². The van der Waals surface area contributed by atoms with E-state index in [-0.39, 0.29) is 0 Å². The third-order valence-electron chi connectivity index (χ3n) is 5.73. The van der Waals surface area contributed by atoms with E-state index in [0.29, 0.717) is 17.6 Å². The van der Waals surface area contributed by atoms with Crippen LogP contribution in [0, 0.1) is 11.3 Å². The summed E-state index contributed by atoms with van der Waals surface area (Å²) in [6, 6.07) is 9.26. The molecule has 1 N–H and O–H groups in total. The van der Waals surface area contributed by atoms with E-state index in [9.17, 15) is 0 Å². The summed E-state index contributed by atoms with van der Waals surface area (Å²) in [6.45, 7) is 0.963. The molecule has 0 amide bonds. The fourth-order valence-electron chi connectivity index (χ4n) is 4.61. The molecule has 108 valence electrons. The van der Waals surface area contributed by atoms with Gasteiger partial charge in [-0.2, -0.15) is 0 Å². The number of hydrogen-bond donors (Lipinski definition) is 1. The lowest BCUT2D eigenvalue weighted by molar-refractivity contribution is -0.158. The van der Waals surface area contributed by atoms with Crippen LogP contribution in [0.3, 0.4) is 0 Å². The highest BCUT2D eigenvalue weighted by Gasteiger charge is 2.66. The molecule has 3 fully saturated rings. The maximum atomic E-state index is 6.00. The molecule has 3 heteroatoms. The molecular formula is C17H24N2O. The van der Waals surface area contributed by atoms with Crippen molar-refractivity contribution in [3.8, 4) is 0 Å². The van der Waals surface area contributed by atoms with Gasteiger partial charge in [0.05, 0.1) is 17.5 Å². The van der Waals surface area contributed by atoms with Gasteiger partial charge in [-0.1, -0.05) is 18.6 Å². The zero-order chi connectivity index (χ0) is 13.7. The first-order chi connectivity index (χ1) is 9.72. The lowest BCUT2D eigenvalue weighted by Crippen LogP contribution is -2.68. The van der Waals surface area contributed by atoms with Gasteiger partial charge in [0.1, 0.15) is 0 Å². The molecular weight excluding hydrogens is 248 g/mol. The summed E-state index contributed by atoms with van der Waals surface area (Å²) in [7, 11) is 4.23. The maximum Gasteiger partial charge on any atom is 0.0699 e. The van der Waals surface area contributed by atoms with Crippen molar-refractivity contribution >= 4 is 11.4 Å². The standard InChI is InChI=1S/C17H24N2O/c1-19(2)14-7-4-3-6-13(14)18-15-12-8-11-20-16(12)17(15)9-5-10-17/h3-4,6-7,12,15-16,18H,5,8-11H2,1-2H3/t12-,15-,16+/m1/s1. The first kappa shape index (κ1) is 12.5. The molecule has 1 heterocycles. The number of nitrogens with zero attached hydrogens (tertiary/aromatic N) is 1. The van der Waals surface area contributed by atoms with Gasteiger partial charge >= 0.3 is 0 Å². The predicted octanol–water partition coefficient (Wildman–Crippen LogP) is 3.12. The predicted molar refractivity (Wildman–Crippen MR) is 82.3 cm³/mol. The molecule has 2 saturated carbocycles. The maximum absolute atomic E-state index is 6.00. The van der Waals surface area contributed by atoms with Crippen molar-refractivity contribution in [1.82, 2.24) is 0 Å². The quantitative estimate of drug-likeness (QED) is 0.915. The minimum absolute atomic E-state index is 0.445. The Kier molecular flexibility index (Phi) is 2.75. The second-order valence-electron chi connectivity index (χ2n) is 6.86. The fourth-order valence-corrected chi connectivity index (χ4v) is 4.61. The van der Waals surface area contributed by atoms with Gasteiger partial charge < -0.3 is 15.0 Å². The van der Waals surface area contributed by atoms with Crippen LogP contribution in [0.15, 0.2) is 24.3 Å². The summed E-state index contributed by atoms with van der Waals surface area (Å²) in [6.07, 6.45) is 5.83. The Morgan fingerprint density at radius 2 is 2.05 bits per heavy atom. The molecule has 1 spiro atoms. The van der Waals surface area contributed by atoms with Crippen LogP contribution in [0.5, 0.6) is 0 Å². The summed E-state index contributed by atoms with van der Waals surface area (Å²) < 4.78 is 6.00. The SMILES string of the molecule is CN(C)c1ccccc1N[C@@H]1[C@H]2CCO[C@@H]2C12CCC2. The van der Waals surface area contributed by atoms with E-state index in [0.717, 1.165) is 12.5 Å². The fraction of sp³-hybridized carbons (Fsp3) is 0.647. The van der Waals surface area contributed by atoms with E-state index in [1.807, 2.05) is 0 Å². The number of fused-ring (bicyclic) bond motifs is 2. The molecule has 0 bridgehead atoms. The number of benzene rings is 1. The monoisotopic (exact) mass is 272 g/mol. The number of para-hydroxylation sites is 2. The van der Waals surface area contributed by atoms with Gasteiger partial charge in [0.2, 0.25) is 0 Å². The average Bonchev–Trinajstić information content (AvgIpc) is 2.80. The summed E-state index contributed by atoms with van der Waals surface area (Å²) in [4.78, 5) is 2.19. The summed E-state index contributed by atoms with van der Waals surface area (Å²) in [5.74, 6) is 0.727. The van der Waals surface area contributed by atoms with Gasteiger partial charge in [-0.05, 0) is 31.4 Å². The van der Waals surface area contributed by atoms with Gasteiger partial charge in [0.25, 0.3) is 0 Å². The minimum atomic E-state index is 0.445. The Labute approximate surface area is 121 Å². The van der Waals surface area contributed by atoms with Gasteiger partial charge in [0.15, 0.2) is 0 Å². The number of ether oxygens (including phenoxy) is 1. The zero-order valence-corrected chi connectivity index (χ0v) is 12.4. The lowest BCUT2D eigenvalue weighted by Gasteiger charge is -2.63. The van der Waals surface area contributed by atoms with Crippen molar-refractivity contribution < 1.29 is 4.74 Å². The first-order valence-corrected chi connectivity index (χ1v) is 7.87. The Morgan fingerprint density at radius 3 is 2.75 bits per heavy atom. The second-order valence-corrected chi connectivity index (χ2v) is 6.86. The van der Waals surface area contributed by atoms with Crippen LogP contribution in [0.2, 0.25) is 0 Å². The van der Waals surface area contributed by atoms with Gasteiger partial charge in [-0.15, -0.1) is 0 Å². The van der Waals surface area contributed by atoms with E-state index in [1.165, 1.54) is 37.1 Å². The molecule has 3 aliphatic rings. The molecule has 20 heavy (non-hydrogen) atoms. The highest BCUT2D eigenvalue weighted by molar-refractivity contribution is 5.70. The molecule has 1 aromatic rings. The van der Waals surface area contributed by atoms with Crippen molar-refractivity contribution in [3.05, 3.63) is 24.3 Å². The van der Waals surface area contributed by atoms with Crippen molar-refractivity contribution in [3.63, 3.8) is 0 Å². The molecule has 3 nitrogen and oxygen atoms in total. The summed E-state index contributed by atoms with van der Waals surface area (Å²) in [5, 5.41) is 3.87. The lowest BCUT2D eigenvalue weighted by atomic mass is 9.46. The van der Waals surface area contributed by atoms with Crippen LogP contribution in [0.1, 0.15) is 25.7 Å². The molecule has 1 aliphatic heterocycles. The Morgan fingerprint density at radius 1 is 1.25 bits per heavy atom. The van der Waals surface area contributed by atoms with Gasteiger partial charge in [0, 0.05) is 38.1 Å². The molecule has 0 radical (unpaired) electrons. The zero-order valence-electron chi connectivity index (χ0n) is 12.4. The number of rotatable bonds is 3. The molecule has 1 aromatic carbocycles. The normalized spacial score (nSPS) is 33.2. The highest BCUT2D eigenvalue weighted by Crippen LogP contribution is 2.63. The average molecular weight is 272 g/mol. The van der Waals surface area contributed by atoms with E-state index in [4.69, 9.17) is 4.74 Å². The number of nitrogens with one attached hydrogen (secondary N) is 1. The first-order valence-electron chi connectivity index (χ1n) is 7.87. The van der Waals surface area contributed by atoms with Crippen LogP contribution < -0.4 is 10.2 Å². The second kappa shape index (κ2) is 4.39. The van der Waals surface area contributed by atoms with Crippen molar-refractivity contribution in [2.45, 2.75) is 37.8 Å². The van der Waals surface area contributed by atoms with Crippen LogP contribution in [0.4, 0.5) is 11.4 Å². The van der Waals surface area contributed by atoms with Crippen molar-refractivity contribution in [2.75, 3.05) is 30.9 Å². The molecule has 0 aromatic heterocycles. The van der Waals surface area contributed by atoms with Gasteiger partial charge in [-0.25, -0.2) is 0 Å². The third-order valence-corrected chi connectivity index (χ3v) is 5.73. The van der Waals surface area contributed by atoms with Crippen molar-refractivity contribution in [2.24, 2.45) is 11.3 Å². The largest absolute Gasteiger partial charge is 0.380 e. The minimum Gasteiger partial charge on any atom is -0.380 e. The topological polar surface area (TPSA) is 24.5 Å². The van der Waals surface area contributed by atoms with E-state index >= 15 is 0 Å². The molecule has 1 saturated heterocycles. The Hall–Kier alpha value is -1.22. The Bertz CT molecular complexity index is 509. The van der Waals surface area contributed by atoms with Crippen LogP contribution in [0.25, 0.3) is 0 Å². The van der Waals surface area contributed by atoms with E-state index < -0.39 is 0 Å². The smallest absolute Gasteiger partial charge is 0.0699 e. The number of anilines is 2. The summed E-state index contributed by atoms with van der Waals surface area (Å²) >= 11 is 0. The van der Waals surface area contributed by atoms with Crippen LogP contribution in [-0.2, 0) is 4.74 Å². The molecule has 2 aliphatic carbocycles. The molecule has 4 rings (SSSR count).